The van der Waals surface area contributed by atoms with Crippen LogP contribution in [0.15, 0.2) is 71.7 Å². The zero-order chi connectivity index (χ0) is 23.5. The number of aryl methyl sites for hydroxylation is 1. The highest BCUT2D eigenvalue weighted by Gasteiger charge is 2.31. The number of anilines is 2. The lowest BCUT2D eigenvalue weighted by Gasteiger charge is -2.21. The summed E-state index contributed by atoms with van der Waals surface area (Å²) in [5, 5.41) is 5.29. The molecule has 0 aliphatic carbocycles. The molecular formula is C25H23FN4O3. The molecule has 2 N–H and O–H groups in total. The van der Waals surface area contributed by atoms with Gasteiger partial charge in [0.25, 0.3) is 5.91 Å². The van der Waals surface area contributed by atoms with E-state index in [0.29, 0.717) is 22.7 Å². The highest BCUT2D eigenvalue weighted by Crippen LogP contribution is 2.28. The first-order valence-corrected chi connectivity index (χ1v) is 10.3. The van der Waals surface area contributed by atoms with Gasteiger partial charge in [-0.15, -0.1) is 0 Å². The molecule has 1 heterocycles. The van der Waals surface area contributed by atoms with E-state index in [-0.39, 0.29) is 11.3 Å². The number of halogens is 1. The van der Waals surface area contributed by atoms with Crippen molar-refractivity contribution in [2.45, 2.75) is 13.1 Å². The lowest BCUT2D eigenvalue weighted by atomic mass is 10.00. The molecule has 0 spiro atoms. The smallest absolute Gasteiger partial charge is 0.321 e. The number of hydrogen-bond donors (Lipinski definition) is 2. The van der Waals surface area contributed by atoms with Gasteiger partial charge in [0, 0.05) is 29.9 Å². The van der Waals surface area contributed by atoms with Gasteiger partial charge in [-0.05, 0) is 36.8 Å². The minimum absolute atomic E-state index is 0.239. The summed E-state index contributed by atoms with van der Waals surface area (Å²) in [5.74, 6) is -0.309. The summed E-state index contributed by atoms with van der Waals surface area (Å²) in [7, 11) is 3.14. The number of urea groups is 1. The van der Waals surface area contributed by atoms with E-state index in [9.17, 15) is 14.0 Å². The Balaban J connectivity index is 1.69. The molecule has 4 rings (SSSR count). The van der Waals surface area contributed by atoms with Crippen molar-refractivity contribution >= 4 is 29.0 Å². The average molecular weight is 446 g/mol. The van der Waals surface area contributed by atoms with E-state index < -0.39 is 23.9 Å². The Morgan fingerprint density at radius 2 is 1.76 bits per heavy atom. The van der Waals surface area contributed by atoms with Crippen LogP contribution in [0, 0.1) is 12.7 Å². The Kier molecular flexibility index (Phi) is 6.08. The number of methoxy groups -OCH3 is 1. The molecule has 1 unspecified atom stereocenters. The van der Waals surface area contributed by atoms with Crippen molar-refractivity contribution in [1.29, 1.82) is 0 Å². The summed E-state index contributed by atoms with van der Waals surface area (Å²) in [6.45, 7) is 1.89. The minimum atomic E-state index is -1.26. The zero-order valence-corrected chi connectivity index (χ0v) is 18.4. The molecule has 0 saturated carbocycles. The number of likely N-dealkylation sites (N-methyl/N-ethyl adjacent to an activating group) is 1. The largest absolute Gasteiger partial charge is 0.496 e. The van der Waals surface area contributed by atoms with E-state index in [2.05, 4.69) is 15.6 Å². The van der Waals surface area contributed by atoms with Crippen LogP contribution in [0.2, 0.25) is 0 Å². The zero-order valence-electron chi connectivity index (χ0n) is 18.4. The number of fused-ring (bicyclic) bond motifs is 1. The average Bonchev–Trinajstić information content (AvgIpc) is 2.91. The second-order valence-corrected chi connectivity index (χ2v) is 7.56. The first-order valence-electron chi connectivity index (χ1n) is 10.3. The number of carbonyl (C=O) groups is 2. The van der Waals surface area contributed by atoms with Gasteiger partial charge in [0.15, 0.2) is 0 Å². The standard InChI is InChI=1S/C25H23FN4O3/c1-15-12-13-16(14-21(15)33-3)27-25(32)29-23-24(31)30(2)20-11-7-5-9-18(20)22(28-23)17-8-4-6-10-19(17)26/h4-14,23H,1-3H3,(H2,27,29,32). The Morgan fingerprint density at radius 3 is 2.48 bits per heavy atom. The molecule has 1 aliphatic rings. The fourth-order valence-electron chi connectivity index (χ4n) is 3.67. The van der Waals surface area contributed by atoms with Crippen molar-refractivity contribution in [3.8, 4) is 5.75 Å². The molecule has 0 radical (unpaired) electrons. The highest BCUT2D eigenvalue weighted by molar-refractivity contribution is 6.20. The van der Waals surface area contributed by atoms with Gasteiger partial charge in [0.1, 0.15) is 11.6 Å². The number of carbonyl (C=O) groups excluding carboxylic acids is 2. The van der Waals surface area contributed by atoms with Gasteiger partial charge in [-0.3, -0.25) is 4.79 Å². The van der Waals surface area contributed by atoms with Gasteiger partial charge >= 0.3 is 6.03 Å². The molecule has 7 nitrogen and oxygen atoms in total. The Hall–Kier alpha value is -4.20. The van der Waals surface area contributed by atoms with Gasteiger partial charge in [-0.1, -0.05) is 36.4 Å². The number of para-hydroxylation sites is 1. The van der Waals surface area contributed by atoms with Crippen molar-refractivity contribution in [3.05, 3.63) is 89.2 Å². The summed E-state index contributed by atoms with van der Waals surface area (Å²) >= 11 is 0. The molecule has 1 atom stereocenters. The monoisotopic (exact) mass is 446 g/mol. The molecule has 8 heteroatoms. The van der Waals surface area contributed by atoms with Crippen molar-refractivity contribution < 1.29 is 18.7 Å². The SMILES string of the molecule is COc1cc(NC(=O)NC2N=C(c3ccccc3F)c3ccccc3N(C)C2=O)ccc1C. The third kappa shape index (κ3) is 4.41. The van der Waals surface area contributed by atoms with Crippen molar-refractivity contribution in [2.75, 3.05) is 24.4 Å². The van der Waals surface area contributed by atoms with Crippen LogP contribution in [-0.2, 0) is 4.79 Å². The third-order valence-electron chi connectivity index (χ3n) is 5.41. The number of ether oxygens (including phenoxy) is 1. The fraction of sp³-hybridized carbons (Fsp3) is 0.160. The van der Waals surface area contributed by atoms with E-state index >= 15 is 0 Å². The maximum absolute atomic E-state index is 14.7. The molecule has 168 valence electrons. The van der Waals surface area contributed by atoms with Crippen molar-refractivity contribution in [3.63, 3.8) is 0 Å². The van der Waals surface area contributed by atoms with Crippen LogP contribution in [0.1, 0.15) is 16.7 Å². The van der Waals surface area contributed by atoms with Gasteiger partial charge in [0.2, 0.25) is 6.17 Å². The number of hydrogen-bond acceptors (Lipinski definition) is 4. The first-order chi connectivity index (χ1) is 15.9. The summed E-state index contributed by atoms with van der Waals surface area (Å²) in [6.07, 6.45) is -1.26. The van der Waals surface area contributed by atoms with E-state index in [1.807, 2.05) is 13.0 Å². The van der Waals surface area contributed by atoms with Gasteiger partial charge in [0.05, 0.1) is 18.5 Å². The van der Waals surface area contributed by atoms with Gasteiger partial charge in [-0.2, -0.15) is 0 Å². The van der Waals surface area contributed by atoms with Crippen molar-refractivity contribution in [1.82, 2.24) is 5.32 Å². The first kappa shape index (κ1) is 22.0. The second-order valence-electron chi connectivity index (χ2n) is 7.56. The summed E-state index contributed by atoms with van der Waals surface area (Å²) < 4.78 is 20.0. The number of rotatable bonds is 4. The normalized spacial score (nSPS) is 15.3. The Labute approximate surface area is 190 Å². The van der Waals surface area contributed by atoms with Gasteiger partial charge in [-0.25, -0.2) is 14.2 Å². The molecule has 1 aliphatic heterocycles. The maximum atomic E-state index is 14.7. The molecule has 0 saturated heterocycles. The molecule has 33 heavy (non-hydrogen) atoms. The summed E-state index contributed by atoms with van der Waals surface area (Å²) in [4.78, 5) is 31.8. The van der Waals surface area contributed by atoms with E-state index in [1.165, 1.54) is 11.0 Å². The topological polar surface area (TPSA) is 83.0 Å². The van der Waals surface area contributed by atoms with Crippen LogP contribution in [0.5, 0.6) is 5.75 Å². The van der Waals surface area contributed by atoms with E-state index in [0.717, 1.165) is 5.56 Å². The van der Waals surface area contributed by atoms with Gasteiger partial charge < -0.3 is 20.3 Å². The van der Waals surface area contributed by atoms with Crippen molar-refractivity contribution in [2.24, 2.45) is 4.99 Å². The number of nitrogens with one attached hydrogen (secondary N) is 2. The van der Waals surface area contributed by atoms with Crippen LogP contribution < -0.4 is 20.3 Å². The predicted octanol–water partition coefficient (Wildman–Crippen LogP) is 4.10. The Morgan fingerprint density at radius 1 is 1.06 bits per heavy atom. The quantitative estimate of drug-likeness (QED) is 0.633. The number of aliphatic imine (C=N–C) groups is 1. The predicted molar refractivity (Wildman–Crippen MR) is 126 cm³/mol. The minimum Gasteiger partial charge on any atom is -0.496 e. The molecule has 0 bridgehead atoms. The van der Waals surface area contributed by atoms with E-state index in [1.54, 1.807) is 68.8 Å². The lowest BCUT2D eigenvalue weighted by molar-refractivity contribution is -0.119. The second kappa shape index (κ2) is 9.12. The number of benzodiazepines with no additional fused rings is 1. The van der Waals surface area contributed by atoms with Crippen LogP contribution in [-0.4, -0.2) is 38.0 Å². The molecule has 0 aromatic heterocycles. The lowest BCUT2D eigenvalue weighted by Crippen LogP contribution is -2.47. The number of amides is 3. The van der Waals surface area contributed by atoms with Crippen LogP contribution in [0.25, 0.3) is 0 Å². The summed E-state index contributed by atoms with van der Waals surface area (Å²) in [6, 6.07) is 17.9. The molecule has 3 aromatic rings. The number of nitrogens with zero attached hydrogens (tertiary/aromatic N) is 2. The Bertz CT molecular complexity index is 1260. The molecule has 0 fully saturated rings. The molecule has 3 amide bonds. The molecule has 3 aromatic carbocycles. The number of benzene rings is 3. The highest BCUT2D eigenvalue weighted by atomic mass is 19.1. The van der Waals surface area contributed by atoms with E-state index in [4.69, 9.17) is 4.74 Å². The van der Waals surface area contributed by atoms with Crippen LogP contribution >= 0.6 is 0 Å². The van der Waals surface area contributed by atoms with Crippen LogP contribution in [0.3, 0.4) is 0 Å². The summed E-state index contributed by atoms with van der Waals surface area (Å²) in [5.41, 5.74) is 3.09. The maximum Gasteiger partial charge on any atom is 0.321 e. The fourth-order valence-corrected chi connectivity index (χ4v) is 3.67. The van der Waals surface area contributed by atoms with Crippen LogP contribution in [0.4, 0.5) is 20.6 Å². The molecular weight excluding hydrogens is 423 g/mol. The third-order valence-corrected chi connectivity index (χ3v) is 5.41.